The van der Waals surface area contributed by atoms with Crippen LogP contribution in [0.1, 0.15) is 0 Å². The fourth-order valence-electron chi connectivity index (χ4n) is 1.89. The quantitative estimate of drug-likeness (QED) is 0.605. The minimum absolute atomic E-state index is 0.227. The maximum absolute atomic E-state index is 13.9. The van der Waals surface area contributed by atoms with Gasteiger partial charge in [-0.15, -0.1) is 0 Å². The summed E-state index contributed by atoms with van der Waals surface area (Å²) in [7, 11) is 0. The molecule has 0 aliphatic carbocycles. The van der Waals surface area contributed by atoms with Crippen LogP contribution >= 0.6 is 0 Å². The Bertz CT molecular complexity index is 662. The SMILES string of the molecule is [18F]c1cc(-c2ccccc2)nc2ccccc12. The predicted molar refractivity (Wildman–Crippen MR) is 67.1 cm³/mol. The zero-order valence-electron chi connectivity index (χ0n) is 9.10. The number of para-hydroxylation sites is 1. The minimum atomic E-state index is -0.227. The molecule has 0 fully saturated rings. The first-order valence-electron chi connectivity index (χ1n) is 5.45. The van der Waals surface area contributed by atoms with Crippen LogP contribution < -0.4 is 0 Å². The first-order valence-corrected chi connectivity index (χ1v) is 5.45. The monoisotopic (exact) mass is 222 g/mol. The van der Waals surface area contributed by atoms with E-state index in [0.29, 0.717) is 16.6 Å². The standard InChI is InChI=1S/C15H10FN/c16-13-10-15(11-6-2-1-3-7-11)17-14-9-5-4-8-12(13)14/h1-10H/i16-1. The molecule has 2 aromatic carbocycles. The van der Waals surface area contributed by atoms with E-state index in [0.717, 1.165) is 5.56 Å². The molecule has 2 heteroatoms. The molecule has 17 heavy (non-hydrogen) atoms. The largest absolute Gasteiger partial charge is 0.248 e. The van der Waals surface area contributed by atoms with E-state index in [2.05, 4.69) is 4.98 Å². The van der Waals surface area contributed by atoms with E-state index in [1.54, 1.807) is 6.07 Å². The van der Waals surface area contributed by atoms with Gasteiger partial charge in [0.25, 0.3) is 0 Å². The van der Waals surface area contributed by atoms with Crippen molar-refractivity contribution in [2.75, 3.05) is 0 Å². The third kappa shape index (κ3) is 1.78. The lowest BCUT2D eigenvalue weighted by Crippen LogP contribution is -1.88. The van der Waals surface area contributed by atoms with Gasteiger partial charge in [-0.05, 0) is 12.1 Å². The lowest BCUT2D eigenvalue weighted by atomic mass is 10.1. The summed E-state index contributed by atoms with van der Waals surface area (Å²) in [5.74, 6) is -0.227. The summed E-state index contributed by atoms with van der Waals surface area (Å²) in [4.78, 5) is 4.47. The molecule has 0 bridgehead atoms. The molecule has 3 aromatic rings. The first kappa shape index (κ1) is 9.97. The third-order valence-electron chi connectivity index (χ3n) is 2.74. The summed E-state index contributed by atoms with van der Waals surface area (Å²) in [6, 6.07) is 18.4. The molecular weight excluding hydrogens is 212 g/mol. The lowest BCUT2D eigenvalue weighted by Gasteiger charge is -2.04. The van der Waals surface area contributed by atoms with Gasteiger partial charge in [0.15, 0.2) is 0 Å². The molecule has 0 aliphatic heterocycles. The van der Waals surface area contributed by atoms with Crippen molar-refractivity contribution in [1.82, 2.24) is 4.98 Å². The number of nitrogens with zero attached hydrogens (tertiary/aromatic N) is 1. The van der Waals surface area contributed by atoms with Gasteiger partial charge >= 0.3 is 0 Å². The second kappa shape index (κ2) is 3.98. The van der Waals surface area contributed by atoms with Crippen molar-refractivity contribution in [3.05, 3.63) is 66.5 Å². The predicted octanol–water partition coefficient (Wildman–Crippen LogP) is 4.04. The van der Waals surface area contributed by atoms with Crippen molar-refractivity contribution >= 4 is 10.9 Å². The molecule has 1 heterocycles. The smallest absolute Gasteiger partial charge is 0.134 e. The number of rotatable bonds is 1. The first-order chi connectivity index (χ1) is 8.34. The van der Waals surface area contributed by atoms with Crippen LogP contribution in [0, 0.1) is 5.82 Å². The van der Waals surface area contributed by atoms with E-state index >= 15 is 0 Å². The van der Waals surface area contributed by atoms with Crippen LogP contribution in [0.3, 0.4) is 0 Å². The van der Waals surface area contributed by atoms with E-state index in [9.17, 15) is 4.39 Å². The van der Waals surface area contributed by atoms with Crippen molar-refractivity contribution in [2.24, 2.45) is 0 Å². The van der Waals surface area contributed by atoms with Crippen molar-refractivity contribution in [2.45, 2.75) is 0 Å². The zero-order chi connectivity index (χ0) is 11.7. The summed E-state index contributed by atoms with van der Waals surface area (Å²) in [6.45, 7) is 0. The van der Waals surface area contributed by atoms with E-state index in [1.807, 2.05) is 48.5 Å². The van der Waals surface area contributed by atoms with Crippen LogP contribution in [0.2, 0.25) is 0 Å². The van der Waals surface area contributed by atoms with Gasteiger partial charge < -0.3 is 0 Å². The highest BCUT2D eigenvalue weighted by Crippen LogP contribution is 2.23. The molecule has 0 spiro atoms. The molecule has 1 aromatic heterocycles. The Balaban J connectivity index is 2.26. The van der Waals surface area contributed by atoms with Gasteiger partial charge in [0.05, 0.1) is 11.2 Å². The van der Waals surface area contributed by atoms with Crippen molar-refractivity contribution in [3.8, 4) is 11.3 Å². The van der Waals surface area contributed by atoms with Gasteiger partial charge in [-0.3, -0.25) is 0 Å². The second-order valence-electron chi connectivity index (χ2n) is 3.87. The summed E-state index contributed by atoms with van der Waals surface area (Å²) < 4.78 is 13.9. The average molecular weight is 222 g/mol. The van der Waals surface area contributed by atoms with Gasteiger partial charge in [0.1, 0.15) is 5.82 Å². The Morgan fingerprint density at radius 1 is 0.824 bits per heavy atom. The summed E-state index contributed by atoms with van der Waals surface area (Å²) in [5, 5.41) is 0.562. The normalized spacial score (nSPS) is 10.6. The van der Waals surface area contributed by atoms with E-state index < -0.39 is 0 Å². The van der Waals surface area contributed by atoms with Crippen molar-refractivity contribution in [3.63, 3.8) is 0 Å². The fourth-order valence-corrected chi connectivity index (χ4v) is 1.89. The zero-order valence-corrected chi connectivity index (χ0v) is 9.10. The molecule has 0 aliphatic rings. The van der Waals surface area contributed by atoms with Crippen LogP contribution in [0.25, 0.3) is 22.2 Å². The Kier molecular flexibility index (Phi) is 2.33. The van der Waals surface area contributed by atoms with Crippen molar-refractivity contribution < 1.29 is 4.39 Å². The van der Waals surface area contributed by atoms with Crippen LogP contribution in [0.4, 0.5) is 4.39 Å². The minimum Gasteiger partial charge on any atom is -0.248 e. The van der Waals surface area contributed by atoms with E-state index in [1.165, 1.54) is 6.07 Å². The molecule has 0 N–H and O–H groups in total. The van der Waals surface area contributed by atoms with Gasteiger partial charge in [-0.2, -0.15) is 0 Å². The molecule has 0 atom stereocenters. The number of aromatic nitrogens is 1. The Morgan fingerprint density at radius 3 is 2.35 bits per heavy atom. The van der Waals surface area contributed by atoms with Crippen LogP contribution in [-0.4, -0.2) is 4.98 Å². The van der Waals surface area contributed by atoms with Crippen LogP contribution in [-0.2, 0) is 0 Å². The number of hydrogen-bond donors (Lipinski definition) is 0. The van der Waals surface area contributed by atoms with Crippen LogP contribution in [0.15, 0.2) is 60.7 Å². The highest BCUT2D eigenvalue weighted by molar-refractivity contribution is 5.82. The molecule has 0 unspecified atom stereocenters. The van der Waals surface area contributed by atoms with E-state index in [4.69, 9.17) is 0 Å². The van der Waals surface area contributed by atoms with Gasteiger partial charge in [0.2, 0.25) is 0 Å². The maximum atomic E-state index is 13.9. The third-order valence-corrected chi connectivity index (χ3v) is 2.74. The molecular formula is C15H10FN. The summed E-state index contributed by atoms with van der Waals surface area (Å²) >= 11 is 0. The summed E-state index contributed by atoms with van der Waals surface area (Å²) in [5.41, 5.74) is 2.28. The molecule has 0 saturated carbocycles. The van der Waals surface area contributed by atoms with Crippen molar-refractivity contribution in [1.29, 1.82) is 0 Å². The number of benzene rings is 2. The maximum Gasteiger partial charge on any atom is 0.134 e. The van der Waals surface area contributed by atoms with Crippen LogP contribution in [0.5, 0.6) is 0 Å². The number of halogens is 1. The Hall–Kier alpha value is -2.22. The Labute approximate surface area is 98.6 Å². The lowest BCUT2D eigenvalue weighted by molar-refractivity contribution is 0.639. The second-order valence-corrected chi connectivity index (χ2v) is 3.87. The van der Waals surface area contributed by atoms with Gasteiger partial charge in [0, 0.05) is 17.0 Å². The molecule has 82 valence electrons. The molecule has 3 rings (SSSR count). The molecule has 0 amide bonds. The number of hydrogen-bond acceptors (Lipinski definition) is 1. The average Bonchev–Trinajstić information content (AvgIpc) is 2.40. The molecule has 0 saturated heterocycles. The molecule has 1 nitrogen and oxygen atoms in total. The van der Waals surface area contributed by atoms with Gasteiger partial charge in [-0.25, -0.2) is 9.37 Å². The molecule has 0 radical (unpaired) electrons. The Morgan fingerprint density at radius 2 is 1.53 bits per heavy atom. The summed E-state index contributed by atoms with van der Waals surface area (Å²) in [6.07, 6.45) is 0. The van der Waals surface area contributed by atoms with E-state index in [-0.39, 0.29) is 5.82 Å². The highest BCUT2D eigenvalue weighted by Gasteiger charge is 2.05. The highest BCUT2D eigenvalue weighted by atomic mass is 18.2. The fraction of sp³-hybridized carbons (Fsp3) is 0. The van der Waals surface area contributed by atoms with Gasteiger partial charge in [-0.1, -0.05) is 42.5 Å². The topological polar surface area (TPSA) is 12.9 Å². The number of pyridine rings is 1. The number of fused-ring (bicyclic) bond motifs is 1.